The van der Waals surface area contributed by atoms with Crippen LogP contribution in [0.15, 0.2) is 36.4 Å². The van der Waals surface area contributed by atoms with E-state index in [4.69, 9.17) is 0 Å². The molecular formula is C15H16O. The average Bonchev–Trinajstić information content (AvgIpc) is 2.25. The van der Waals surface area contributed by atoms with Gasteiger partial charge in [0.15, 0.2) is 0 Å². The van der Waals surface area contributed by atoms with Crippen molar-refractivity contribution in [3.05, 3.63) is 53.1 Å². The van der Waals surface area contributed by atoms with Crippen molar-refractivity contribution in [1.29, 1.82) is 0 Å². The molecule has 0 atom stereocenters. The van der Waals surface area contributed by atoms with E-state index in [9.17, 15) is 5.11 Å². The summed E-state index contributed by atoms with van der Waals surface area (Å²) in [4.78, 5) is 0. The second kappa shape index (κ2) is 4.01. The summed E-state index contributed by atoms with van der Waals surface area (Å²) < 4.78 is 0. The summed E-state index contributed by atoms with van der Waals surface area (Å²) in [5.74, 6) is 0.332. The van der Waals surface area contributed by atoms with Gasteiger partial charge in [-0.15, -0.1) is 0 Å². The molecular weight excluding hydrogens is 196 g/mol. The fourth-order valence-electron chi connectivity index (χ4n) is 1.87. The molecule has 0 amide bonds. The Morgan fingerprint density at radius 1 is 0.875 bits per heavy atom. The standard InChI is InChI=1S/C15H16O/c1-10-4-6-13(7-5-10)15-9-14(16)8-11(2)12(15)3/h4-9,16H,1-3H3. The van der Waals surface area contributed by atoms with E-state index in [1.54, 1.807) is 6.07 Å². The zero-order valence-electron chi connectivity index (χ0n) is 9.91. The summed E-state index contributed by atoms with van der Waals surface area (Å²) >= 11 is 0. The van der Waals surface area contributed by atoms with Gasteiger partial charge in [-0.25, -0.2) is 0 Å². The van der Waals surface area contributed by atoms with Crippen LogP contribution in [-0.2, 0) is 0 Å². The summed E-state index contributed by atoms with van der Waals surface area (Å²) in [6.07, 6.45) is 0. The van der Waals surface area contributed by atoms with Crippen molar-refractivity contribution in [2.45, 2.75) is 20.8 Å². The molecule has 0 unspecified atom stereocenters. The monoisotopic (exact) mass is 212 g/mol. The molecule has 2 aromatic carbocycles. The summed E-state index contributed by atoms with van der Waals surface area (Å²) in [5, 5.41) is 9.63. The third-order valence-corrected chi connectivity index (χ3v) is 3.01. The molecule has 0 spiro atoms. The van der Waals surface area contributed by atoms with Gasteiger partial charge in [-0.2, -0.15) is 0 Å². The van der Waals surface area contributed by atoms with Gasteiger partial charge in [0, 0.05) is 0 Å². The molecule has 82 valence electrons. The number of phenols is 1. The minimum atomic E-state index is 0.332. The maximum absolute atomic E-state index is 9.63. The van der Waals surface area contributed by atoms with Crippen molar-refractivity contribution in [3.8, 4) is 16.9 Å². The largest absolute Gasteiger partial charge is 0.508 e. The SMILES string of the molecule is Cc1ccc(-c2cc(O)cc(C)c2C)cc1. The molecule has 0 saturated carbocycles. The molecule has 0 heterocycles. The highest BCUT2D eigenvalue weighted by Gasteiger charge is 2.05. The van der Waals surface area contributed by atoms with E-state index in [2.05, 4.69) is 38.1 Å². The molecule has 1 N–H and O–H groups in total. The van der Waals surface area contributed by atoms with Crippen molar-refractivity contribution in [2.24, 2.45) is 0 Å². The molecule has 0 radical (unpaired) electrons. The maximum Gasteiger partial charge on any atom is 0.116 e. The van der Waals surface area contributed by atoms with E-state index in [1.807, 2.05) is 13.0 Å². The molecule has 0 saturated heterocycles. The second-order valence-electron chi connectivity index (χ2n) is 4.30. The van der Waals surface area contributed by atoms with Crippen LogP contribution in [0.3, 0.4) is 0 Å². The normalized spacial score (nSPS) is 10.4. The Morgan fingerprint density at radius 3 is 2.12 bits per heavy atom. The van der Waals surface area contributed by atoms with Crippen LogP contribution in [0, 0.1) is 20.8 Å². The average molecular weight is 212 g/mol. The van der Waals surface area contributed by atoms with Crippen LogP contribution in [0.4, 0.5) is 0 Å². The lowest BCUT2D eigenvalue weighted by Crippen LogP contribution is -1.87. The van der Waals surface area contributed by atoms with Crippen molar-refractivity contribution in [1.82, 2.24) is 0 Å². The number of hydrogen-bond donors (Lipinski definition) is 1. The van der Waals surface area contributed by atoms with E-state index in [0.29, 0.717) is 5.75 Å². The Morgan fingerprint density at radius 2 is 1.50 bits per heavy atom. The molecule has 16 heavy (non-hydrogen) atoms. The Labute approximate surface area is 96.4 Å². The molecule has 2 aromatic rings. The first-order chi connectivity index (χ1) is 7.58. The third kappa shape index (κ3) is 1.94. The van der Waals surface area contributed by atoms with Gasteiger partial charge in [0.1, 0.15) is 5.75 Å². The third-order valence-electron chi connectivity index (χ3n) is 3.01. The van der Waals surface area contributed by atoms with Crippen LogP contribution in [-0.4, -0.2) is 5.11 Å². The fourth-order valence-corrected chi connectivity index (χ4v) is 1.87. The summed E-state index contributed by atoms with van der Waals surface area (Å²) in [5.41, 5.74) is 5.86. The van der Waals surface area contributed by atoms with Gasteiger partial charge in [0.25, 0.3) is 0 Å². The minimum absolute atomic E-state index is 0.332. The van der Waals surface area contributed by atoms with E-state index in [-0.39, 0.29) is 0 Å². The summed E-state index contributed by atoms with van der Waals surface area (Å²) in [6, 6.07) is 12.0. The molecule has 0 aliphatic carbocycles. The zero-order chi connectivity index (χ0) is 11.7. The fraction of sp³-hybridized carbons (Fsp3) is 0.200. The lowest BCUT2D eigenvalue weighted by Gasteiger charge is -2.10. The lowest BCUT2D eigenvalue weighted by molar-refractivity contribution is 0.475. The predicted octanol–water partition coefficient (Wildman–Crippen LogP) is 3.98. The highest BCUT2D eigenvalue weighted by atomic mass is 16.3. The van der Waals surface area contributed by atoms with E-state index >= 15 is 0 Å². The molecule has 0 aliphatic heterocycles. The molecule has 0 bridgehead atoms. The first-order valence-electron chi connectivity index (χ1n) is 5.45. The van der Waals surface area contributed by atoms with Crippen molar-refractivity contribution in [3.63, 3.8) is 0 Å². The predicted molar refractivity (Wildman–Crippen MR) is 67.8 cm³/mol. The van der Waals surface area contributed by atoms with Crippen molar-refractivity contribution >= 4 is 0 Å². The van der Waals surface area contributed by atoms with E-state index in [1.165, 1.54) is 11.1 Å². The van der Waals surface area contributed by atoms with Gasteiger partial charge in [0.2, 0.25) is 0 Å². The number of rotatable bonds is 1. The second-order valence-corrected chi connectivity index (χ2v) is 4.30. The van der Waals surface area contributed by atoms with E-state index in [0.717, 1.165) is 16.7 Å². The Balaban J connectivity index is 2.59. The number of hydrogen-bond acceptors (Lipinski definition) is 1. The quantitative estimate of drug-likeness (QED) is 0.758. The summed E-state index contributed by atoms with van der Waals surface area (Å²) in [6.45, 7) is 6.18. The first kappa shape index (κ1) is 10.7. The number of phenolic OH excluding ortho intramolecular Hbond substituents is 1. The molecule has 1 nitrogen and oxygen atoms in total. The number of aromatic hydroxyl groups is 1. The van der Waals surface area contributed by atoms with Gasteiger partial charge < -0.3 is 5.11 Å². The van der Waals surface area contributed by atoms with Crippen LogP contribution >= 0.6 is 0 Å². The number of aryl methyl sites for hydroxylation is 2. The zero-order valence-corrected chi connectivity index (χ0v) is 9.91. The molecule has 0 fully saturated rings. The van der Waals surface area contributed by atoms with Crippen LogP contribution in [0.2, 0.25) is 0 Å². The lowest BCUT2D eigenvalue weighted by atomic mass is 9.96. The summed E-state index contributed by atoms with van der Waals surface area (Å²) in [7, 11) is 0. The van der Waals surface area contributed by atoms with Crippen molar-refractivity contribution in [2.75, 3.05) is 0 Å². The highest BCUT2D eigenvalue weighted by Crippen LogP contribution is 2.29. The minimum Gasteiger partial charge on any atom is -0.508 e. The smallest absolute Gasteiger partial charge is 0.116 e. The van der Waals surface area contributed by atoms with Gasteiger partial charge in [0.05, 0.1) is 0 Å². The Hall–Kier alpha value is -1.76. The van der Waals surface area contributed by atoms with Gasteiger partial charge >= 0.3 is 0 Å². The maximum atomic E-state index is 9.63. The van der Waals surface area contributed by atoms with Crippen LogP contribution in [0.25, 0.3) is 11.1 Å². The van der Waals surface area contributed by atoms with Gasteiger partial charge in [-0.05, 0) is 55.2 Å². The van der Waals surface area contributed by atoms with Crippen LogP contribution in [0.1, 0.15) is 16.7 Å². The molecule has 0 aromatic heterocycles. The van der Waals surface area contributed by atoms with Gasteiger partial charge in [-0.3, -0.25) is 0 Å². The van der Waals surface area contributed by atoms with E-state index < -0.39 is 0 Å². The Bertz CT molecular complexity index is 510. The van der Waals surface area contributed by atoms with Crippen LogP contribution < -0.4 is 0 Å². The Kier molecular flexibility index (Phi) is 2.69. The molecule has 1 heteroatoms. The first-order valence-corrected chi connectivity index (χ1v) is 5.45. The molecule has 0 aliphatic rings. The molecule has 2 rings (SSSR count). The van der Waals surface area contributed by atoms with Gasteiger partial charge in [-0.1, -0.05) is 29.8 Å². The number of benzene rings is 2. The van der Waals surface area contributed by atoms with Crippen molar-refractivity contribution < 1.29 is 5.11 Å². The van der Waals surface area contributed by atoms with Crippen LogP contribution in [0.5, 0.6) is 5.75 Å². The highest BCUT2D eigenvalue weighted by molar-refractivity contribution is 5.70. The topological polar surface area (TPSA) is 20.2 Å².